The standard InChI is InChI=1S/C26H38O3/c1-5-29-24(28)11-6-17(2)21-9-10-22-20-8-7-18-16-19(27)12-14-25(18,3)23(20)13-15-26(21,22)4/h7-8,16-17,20-23H,5-6,9-15H2,1-4H3/t17-,20+,21-,22+,23+,25+,26-/m1/s1. The summed E-state index contributed by atoms with van der Waals surface area (Å²) in [5, 5.41) is 0. The van der Waals surface area contributed by atoms with Crippen molar-refractivity contribution in [2.45, 2.75) is 79.1 Å². The number of carbonyl (C=O) groups excluding carboxylic acids is 2. The zero-order valence-electron chi connectivity index (χ0n) is 18.7. The molecule has 2 saturated carbocycles. The van der Waals surface area contributed by atoms with Gasteiger partial charge in [-0.2, -0.15) is 0 Å². The third kappa shape index (κ3) is 3.43. The summed E-state index contributed by atoms with van der Waals surface area (Å²) in [6.45, 7) is 9.67. The Labute approximate surface area is 176 Å². The van der Waals surface area contributed by atoms with Crippen molar-refractivity contribution in [1.29, 1.82) is 0 Å². The molecule has 160 valence electrons. The van der Waals surface area contributed by atoms with E-state index in [4.69, 9.17) is 4.74 Å². The molecule has 3 nitrogen and oxygen atoms in total. The predicted molar refractivity (Wildman–Crippen MR) is 115 cm³/mol. The second-order valence-corrected chi connectivity index (χ2v) is 10.7. The highest BCUT2D eigenvalue weighted by Gasteiger charge is 2.58. The Hall–Kier alpha value is -1.38. The average Bonchev–Trinajstić information content (AvgIpc) is 3.04. The van der Waals surface area contributed by atoms with Crippen molar-refractivity contribution in [2.24, 2.45) is 40.4 Å². The summed E-state index contributed by atoms with van der Waals surface area (Å²) in [6, 6.07) is 0. The molecule has 29 heavy (non-hydrogen) atoms. The largest absolute Gasteiger partial charge is 0.466 e. The average molecular weight is 399 g/mol. The Morgan fingerprint density at radius 3 is 2.76 bits per heavy atom. The third-order valence-electron chi connectivity index (χ3n) is 9.39. The number of ketones is 1. The van der Waals surface area contributed by atoms with E-state index in [-0.39, 0.29) is 11.4 Å². The number of hydrogen-bond acceptors (Lipinski definition) is 3. The molecule has 0 heterocycles. The van der Waals surface area contributed by atoms with E-state index >= 15 is 0 Å². The molecule has 0 spiro atoms. The molecular formula is C26H38O3. The molecule has 0 saturated heterocycles. The van der Waals surface area contributed by atoms with Crippen molar-refractivity contribution < 1.29 is 14.3 Å². The number of fused-ring (bicyclic) bond motifs is 5. The first-order valence-electron chi connectivity index (χ1n) is 11.9. The van der Waals surface area contributed by atoms with Crippen molar-refractivity contribution >= 4 is 11.8 Å². The molecule has 3 heteroatoms. The van der Waals surface area contributed by atoms with Gasteiger partial charge in [0.2, 0.25) is 0 Å². The number of ether oxygens (including phenoxy) is 1. The first-order valence-corrected chi connectivity index (χ1v) is 11.9. The lowest BCUT2D eigenvalue weighted by Gasteiger charge is -2.56. The maximum Gasteiger partial charge on any atom is 0.305 e. The summed E-state index contributed by atoms with van der Waals surface area (Å²) in [5.74, 6) is 3.59. The fourth-order valence-corrected chi connectivity index (χ4v) is 7.75. The molecule has 0 aliphatic heterocycles. The van der Waals surface area contributed by atoms with E-state index in [1.54, 1.807) is 0 Å². The summed E-state index contributed by atoms with van der Waals surface area (Å²) in [5.41, 5.74) is 1.85. The lowest BCUT2D eigenvalue weighted by atomic mass is 9.48. The molecule has 2 fully saturated rings. The first-order chi connectivity index (χ1) is 13.8. The predicted octanol–water partition coefficient (Wildman–Crippen LogP) is 5.89. The van der Waals surface area contributed by atoms with Crippen LogP contribution >= 0.6 is 0 Å². The van der Waals surface area contributed by atoms with Gasteiger partial charge in [-0.15, -0.1) is 0 Å². The Morgan fingerprint density at radius 2 is 2.00 bits per heavy atom. The second-order valence-electron chi connectivity index (χ2n) is 10.7. The number of hydrogen-bond donors (Lipinski definition) is 0. The molecule has 0 aromatic heterocycles. The maximum atomic E-state index is 12.0. The lowest BCUT2D eigenvalue weighted by molar-refractivity contribution is -0.143. The van der Waals surface area contributed by atoms with Crippen LogP contribution in [0.15, 0.2) is 23.8 Å². The van der Waals surface area contributed by atoms with Gasteiger partial charge >= 0.3 is 5.97 Å². The molecule has 4 rings (SSSR count). The van der Waals surface area contributed by atoms with Crippen molar-refractivity contribution in [1.82, 2.24) is 0 Å². The summed E-state index contributed by atoms with van der Waals surface area (Å²) in [7, 11) is 0. The van der Waals surface area contributed by atoms with Gasteiger partial charge in [-0.1, -0.05) is 32.9 Å². The minimum absolute atomic E-state index is 0.0444. The fraction of sp³-hybridized carbons (Fsp3) is 0.769. The van der Waals surface area contributed by atoms with Gasteiger partial charge in [0.1, 0.15) is 0 Å². The Bertz CT molecular complexity index is 734. The minimum Gasteiger partial charge on any atom is -0.466 e. The first kappa shape index (κ1) is 20.9. The van der Waals surface area contributed by atoms with Gasteiger partial charge in [-0.25, -0.2) is 0 Å². The van der Waals surface area contributed by atoms with Gasteiger partial charge in [-0.05, 0) is 97.5 Å². The van der Waals surface area contributed by atoms with E-state index < -0.39 is 0 Å². The van der Waals surface area contributed by atoms with Crippen LogP contribution in [0.1, 0.15) is 79.1 Å². The van der Waals surface area contributed by atoms with Gasteiger partial charge in [0.25, 0.3) is 0 Å². The van der Waals surface area contributed by atoms with Gasteiger partial charge in [0.15, 0.2) is 5.78 Å². The summed E-state index contributed by atoms with van der Waals surface area (Å²) in [4.78, 5) is 23.8. The molecule has 0 bridgehead atoms. The molecule has 4 aliphatic carbocycles. The molecular weight excluding hydrogens is 360 g/mol. The molecule has 0 aromatic carbocycles. The lowest BCUT2D eigenvalue weighted by Crippen LogP contribution is -2.49. The van der Waals surface area contributed by atoms with Crippen molar-refractivity contribution in [3.8, 4) is 0 Å². The normalized spacial score (nSPS) is 41.8. The number of rotatable bonds is 5. The number of esters is 1. The highest BCUT2D eigenvalue weighted by atomic mass is 16.5. The van der Waals surface area contributed by atoms with E-state index in [1.807, 2.05) is 13.0 Å². The molecule has 0 unspecified atom stereocenters. The van der Waals surface area contributed by atoms with Gasteiger partial charge in [0, 0.05) is 12.8 Å². The molecule has 4 aliphatic rings. The summed E-state index contributed by atoms with van der Waals surface area (Å²) < 4.78 is 5.15. The van der Waals surface area contributed by atoms with E-state index in [2.05, 4.69) is 32.9 Å². The summed E-state index contributed by atoms with van der Waals surface area (Å²) >= 11 is 0. The van der Waals surface area contributed by atoms with Gasteiger partial charge < -0.3 is 4.74 Å². The maximum absolute atomic E-state index is 12.0. The van der Waals surface area contributed by atoms with Crippen LogP contribution in [0, 0.1) is 40.4 Å². The Morgan fingerprint density at radius 1 is 1.21 bits per heavy atom. The minimum atomic E-state index is -0.0444. The smallest absolute Gasteiger partial charge is 0.305 e. The van der Waals surface area contributed by atoms with Crippen LogP contribution in [-0.4, -0.2) is 18.4 Å². The third-order valence-corrected chi connectivity index (χ3v) is 9.39. The summed E-state index contributed by atoms with van der Waals surface area (Å²) in [6.07, 6.45) is 15.1. The topological polar surface area (TPSA) is 43.4 Å². The Balaban J connectivity index is 1.51. The van der Waals surface area contributed by atoms with Crippen LogP contribution in [0.3, 0.4) is 0 Å². The molecule has 0 aromatic rings. The van der Waals surface area contributed by atoms with Gasteiger partial charge in [0.05, 0.1) is 6.61 Å². The number of allylic oxidation sites excluding steroid dienone is 4. The van der Waals surface area contributed by atoms with Crippen molar-refractivity contribution in [2.75, 3.05) is 6.61 Å². The quantitative estimate of drug-likeness (QED) is 0.542. The van der Waals surface area contributed by atoms with E-state index in [0.29, 0.717) is 54.3 Å². The number of carbonyl (C=O) groups is 2. The van der Waals surface area contributed by atoms with Crippen LogP contribution in [0.4, 0.5) is 0 Å². The van der Waals surface area contributed by atoms with Crippen molar-refractivity contribution in [3.05, 3.63) is 23.8 Å². The van der Waals surface area contributed by atoms with Crippen LogP contribution in [0.5, 0.6) is 0 Å². The zero-order valence-corrected chi connectivity index (χ0v) is 18.7. The fourth-order valence-electron chi connectivity index (χ4n) is 7.75. The zero-order chi connectivity index (χ0) is 20.8. The highest BCUT2D eigenvalue weighted by Crippen LogP contribution is 2.66. The molecule has 7 atom stereocenters. The van der Waals surface area contributed by atoms with Crippen molar-refractivity contribution in [3.63, 3.8) is 0 Å². The van der Waals surface area contributed by atoms with Crippen LogP contribution < -0.4 is 0 Å². The van der Waals surface area contributed by atoms with E-state index in [1.165, 1.54) is 31.3 Å². The second kappa shape index (κ2) is 7.71. The molecule has 0 N–H and O–H groups in total. The van der Waals surface area contributed by atoms with Crippen LogP contribution in [0.25, 0.3) is 0 Å². The Kier molecular flexibility index (Phi) is 5.55. The van der Waals surface area contributed by atoms with Crippen LogP contribution in [0.2, 0.25) is 0 Å². The van der Waals surface area contributed by atoms with Crippen LogP contribution in [-0.2, 0) is 14.3 Å². The highest BCUT2D eigenvalue weighted by molar-refractivity contribution is 5.92. The van der Waals surface area contributed by atoms with Gasteiger partial charge in [-0.3, -0.25) is 9.59 Å². The SMILES string of the molecule is CCOC(=O)CC[C@@H](C)[C@H]1CC[C@H]2[C@@H]3C=CC4=CC(=O)CC[C@]4(C)[C@H]3CC[C@]12C. The molecule has 0 radical (unpaired) electrons. The van der Waals surface area contributed by atoms with E-state index in [9.17, 15) is 9.59 Å². The molecule has 0 amide bonds. The van der Waals surface area contributed by atoms with E-state index in [0.717, 1.165) is 18.8 Å². The monoisotopic (exact) mass is 398 g/mol.